The summed E-state index contributed by atoms with van der Waals surface area (Å²) in [5.41, 5.74) is 8.13. The highest BCUT2D eigenvalue weighted by Crippen LogP contribution is 2.29. The van der Waals surface area contributed by atoms with Crippen molar-refractivity contribution in [3.05, 3.63) is 59.4 Å². The van der Waals surface area contributed by atoms with E-state index in [-0.39, 0.29) is 11.8 Å². The first kappa shape index (κ1) is 19.7. The van der Waals surface area contributed by atoms with Gasteiger partial charge in [0, 0.05) is 25.2 Å². The number of nitrogens with one attached hydrogen (secondary N) is 2. The van der Waals surface area contributed by atoms with Gasteiger partial charge in [0.05, 0.1) is 11.4 Å². The molecular weight excluding hydrogens is 359 g/mol. The molecule has 1 aliphatic heterocycles. The number of carbonyl (C=O) groups is 2. The number of rotatable bonds is 6. The van der Waals surface area contributed by atoms with Crippen LogP contribution in [0.15, 0.2) is 42.5 Å². The van der Waals surface area contributed by atoms with Crippen molar-refractivity contribution >= 4 is 23.3 Å². The lowest BCUT2D eigenvalue weighted by atomic mass is 10.1. The van der Waals surface area contributed by atoms with E-state index >= 15 is 0 Å². The van der Waals surface area contributed by atoms with Crippen LogP contribution in [0.5, 0.6) is 0 Å². The number of nitrogens with zero attached hydrogens (tertiary/aromatic N) is 1. The van der Waals surface area contributed by atoms with Gasteiger partial charge in [0.15, 0.2) is 0 Å². The number of carbonyl (C=O) groups excluding carboxylic acids is 2. The number of halogens is 1. The standard InChI is InChI=1S/C21H25FN4O2/c22-17-7-4-15(5-8-17)10-11-24-21(28)25-18-14-16(20(23)27)6-9-19(18)26-12-2-1-3-13-26/h4-9,14H,1-3,10-13H2,(H2,23,27)(H2,24,25,28). The number of nitrogens with two attached hydrogens (primary N) is 1. The first-order valence-electron chi connectivity index (χ1n) is 9.51. The van der Waals surface area contributed by atoms with E-state index in [9.17, 15) is 14.0 Å². The van der Waals surface area contributed by atoms with Gasteiger partial charge in [0.25, 0.3) is 0 Å². The Morgan fingerprint density at radius 1 is 1.04 bits per heavy atom. The second kappa shape index (κ2) is 9.21. The van der Waals surface area contributed by atoms with Crippen LogP contribution in [0.1, 0.15) is 35.2 Å². The van der Waals surface area contributed by atoms with Gasteiger partial charge in [-0.25, -0.2) is 9.18 Å². The van der Waals surface area contributed by atoms with Crippen molar-refractivity contribution in [1.82, 2.24) is 5.32 Å². The quantitative estimate of drug-likeness (QED) is 0.714. The van der Waals surface area contributed by atoms with Crippen LogP contribution in [0.3, 0.4) is 0 Å². The number of hydrogen-bond donors (Lipinski definition) is 3. The monoisotopic (exact) mass is 384 g/mol. The van der Waals surface area contributed by atoms with Crippen molar-refractivity contribution in [2.75, 3.05) is 29.9 Å². The normalized spacial score (nSPS) is 13.8. The summed E-state index contributed by atoms with van der Waals surface area (Å²) >= 11 is 0. The Morgan fingerprint density at radius 3 is 2.43 bits per heavy atom. The van der Waals surface area contributed by atoms with Crippen LogP contribution in [-0.2, 0) is 6.42 Å². The van der Waals surface area contributed by atoms with E-state index in [1.807, 2.05) is 6.07 Å². The smallest absolute Gasteiger partial charge is 0.319 e. The predicted octanol–water partition coefficient (Wildman–Crippen LogP) is 3.28. The average molecular weight is 384 g/mol. The van der Waals surface area contributed by atoms with Crippen molar-refractivity contribution in [3.8, 4) is 0 Å². The zero-order valence-corrected chi connectivity index (χ0v) is 15.7. The molecule has 6 nitrogen and oxygen atoms in total. The molecule has 2 aromatic carbocycles. The Morgan fingerprint density at radius 2 is 1.75 bits per heavy atom. The van der Waals surface area contributed by atoms with Crippen LogP contribution in [0.25, 0.3) is 0 Å². The fraction of sp³-hybridized carbons (Fsp3) is 0.333. The zero-order chi connectivity index (χ0) is 19.9. The average Bonchev–Trinajstić information content (AvgIpc) is 2.70. The van der Waals surface area contributed by atoms with Crippen LogP contribution in [0.2, 0.25) is 0 Å². The molecule has 0 atom stereocenters. The van der Waals surface area contributed by atoms with Gasteiger partial charge in [0.1, 0.15) is 5.82 Å². The van der Waals surface area contributed by atoms with E-state index in [1.165, 1.54) is 18.6 Å². The summed E-state index contributed by atoms with van der Waals surface area (Å²) in [5, 5.41) is 5.63. The van der Waals surface area contributed by atoms with Gasteiger partial charge in [-0.3, -0.25) is 4.79 Å². The second-order valence-corrected chi connectivity index (χ2v) is 6.90. The Balaban J connectivity index is 1.64. The zero-order valence-electron chi connectivity index (χ0n) is 15.7. The molecule has 0 saturated carbocycles. The molecule has 0 aliphatic carbocycles. The van der Waals surface area contributed by atoms with Gasteiger partial charge in [0.2, 0.25) is 5.91 Å². The van der Waals surface area contributed by atoms with Crippen LogP contribution in [0.4, 0.5) is 20.6 Å². The Bertz CT molecular complexity index is 833. The maximum absolute atomic E-state index is 12.9. The van der Waals surface area contributed by atoms with Crippen LogP contribution in [0, 0.1) is 5.82 Å². The molecule has 4 N–H and O–H groups in total. The van der Waals surface area contributed by atoms with Crippen LogP contribution in [-0.4, -0.2) is 31.6 Å². The molecule has 148 valence electrons. The topological polar surface area (TPSA) is 87.5 Å². The highest BCUT2D eigenvalue weighted by Gasteiger charge is 2.17. The third kappa shape index (κ3) is 5.22. The Hall–Kier alpha value is -3.09. The molecular formula is C21H25FN4O2. The molecule has 1 heterocycles. The highest BCUT2D eigenvalue weighted by atomic mass is 19.1. The predicted molar refractivity (Wildman–Crippen MR) is 108 cm³/mol. The molecule has 1 aliphatic rings. The highest BCUT2D eigenvalue weighted by molar-refractivity contribution is 5.98. The van der Waals surface area contributed by atoms with E-state index in [0.717, 1.165) is 37.2 Å². The molecule has 0 aromatic heterocycles. The summed E-state index contributed by atoms with van der Waals surface area (Å²) in [5.74, 6) is -0.820. The molecule has 0 bridgehead atoms. The van der Waals surface area contributed by atoms with E-state index in [2.05, 4.69) is 15.5 Å². The second-order valence-electron chi connectivity index (χ2n) is 6.90. The fourth-order valence-corrected chi connectivity index (χ4v) is 3.34. The molecule has 2 aromatic rings. The number of piperidine rings is 1. The van der Waals surface area contributed by atoms with E-state index < -0.39 is 5.91 Å². The first-order valence-corrected chi connectivity index (χ1v) is 9.51. The SMILES string of the molecule is NC(=O)c1ccc(N2CCCCC2)c(NC(=O)NCCc2ccc(F)cc2)c1. The lowest BCUT2D eigenvalue weighted by molar-refractivity contribution is 0.100. The molecule has 0 unspecified atom stereocenters. The number of amides is 3. The van der Waals surface area contributed by atoms with Crippen molar-refractivity contribution in [1.29, 1.82) is 0 Å². The minimum Gasteiger partial charge on any atom is -0.370 e. The summed E-state index contributed by atoms with van der Waals surface area (Å²) in [4.78, 5) is 26.1. The van der Waals surface area contributed by atoms with E-state index in [1.54, 1.807) is 24.3 Å². The number of urea groups is 1. The summed E-state index contributed by atoms with van der Waals surface area (Å²) in [6.07, 6.45) is 3.98. The van der Waals surface area contributed by atoms with Crippen molar-refractivity contribution in [2.24, 2.45) is 5.73 Å². The minimum atomic E-state index is -0.537. The van der Waals surface area contributed by atoms with Gasteiger partial charge < -0.3 is 21.3 Å². The van der Waals surface area contributed by atoms with Gasteiger partial charge in [-0.1, -0.05) is 12.1 Å². The molecule has 1 saturated heterocycles. The van der Waals surface area contributed by atoms with Gasteiger partial charge in [-0.15, -0.1) is 0 Å². The molecule has 0 radical (unpaired) electrons. The summed E-state index contributed by atoms with van der Waals surface area (Å²) in [7, 11) is 0. The largest absolute Gasteiger partial charge is 0.370 e. The molecule has 3 amide bonds. The molecule has 28 heavy (non-hydrogen) atoms. The summed E-state index contributed by atoms with van der Waals surface area (Å²) in [6, 6.07) is 11.0. The molecule has 3 rings (SSSR count). The Labute approximate surface area is 163 Å². The van der Waals surface area contributed by atoms with Gasteiger partial charge in [-0.05, 0) is 61.6 Å². The van der Waals surface area contributed by atoms with E-state index in [4.69, 9.17) is 5.73 Å². The molecule has 1 fully saturated rings. The number of anilines is 2. The van der Waals surface area contributed by atoms with E-state index in [0.29, 0.717) is 24.2 Å². The lowest BCUT2D eigenvalue weighted by Gasteiger charge is -2.30. The number of benzene rings is 2. The molecule has 7 heteroatoms. The molecule has 0 spiro atoms. The minimum absolute atomic E-state index is 0.283. The first-order chi connectivity index (χ1) is 13.5. The van der Waals surface area contributed by atoms with Crippen LogP contribution >= 0.6 is 0 Å². The van der Waals surface area contributed by atoms with Gasteiger partial charge in [-0.2, -0.15) is 0 Å². The van der Waals surface area contributed by atoms with Crippen molar-refractivity contribution in [3.63, 3.8) is 0 Å². The van der Waals surface area contributed by atoms with Gasteiger partial charge >= 0.3 is 6.03 Å². The number of primary amides is 1. The maximum Gasteiger partial charge on any atom is 0.319 e. The van der Waals surface area contributed by atoms with Crippen molar-refractivity contribution < 1.29 is 14.0 Å². The van der Waals surface area contributed by atoms with Crippen molar-refractivity contribution in [2.45, 2.75) is 25.7 Å². The fourth-order valence-electron chi connectivity index (χ4n) is 3.34. The maximum atomic E-state index is 12.9. The number of hydrogen-bond acceptors (Lipinski definition) is 3. The van der Waals surface area contributed by atoms with Crippen LogP contribution < -0.4 is 21.3 Å². The third-order valence-electron chi connectivity index (χ3n) is 4.84. The summed E-state index contributed by atoms with van der Waals surface area (Å²) < 4.78 is 12.9. The summed E-state index contributed by atoms with van der Waals surface area (Å²) in [6.45, 7) is 2.24. The third-order valence-corrected chi connectivity index (χ3v) is 4.84. The lowest BCUT2D eigenvalue weighted by Crippen LogP contribution is -2.33. The Kier molecular flexibility index (Phi) is 6.47.